The molecule has 3 aromatic carbocycles. The molecule has 1 aromatic heterocycles. The van der Waals surface area contributed by atoms with Gasteiger partial charge < -0.3 is 5.32 Å². The molecule has 1 heterocycles. The number of benzene rings is 3. The van der Waals surface area contributed by atoms with Crippen molar-refractivity contribution in [3.63, 3.8) is 0 Å². The summed E-state index contributed by atoms with van der Waals surface area (Å²) in [6.45, 7) is 2.92. The molecular weight excluding hydrogens is 280 g/mol. The molecule has 0 aliphatic rings. The fourth-order valence-electron chi connectivity index (χ4n) is 2.93. The summed E-state index contributed by atoms with van der Waals surface area (Å²) in [5, 5.41) is 5.96. The first-order valence-electron chi connectivity index (χ1n) is 7.88. The van der Waals surface area contributed by atoms with E-state index < -0.39 is 0 Å². The molecule has 2 heteroatoms. The summed E-state index contributed by atoms with van der Waals surface area (Å²) >= 11 is 0. The maximum atomic E-state index is 4.76. The van der Waals surface area contributed by atoms with Gasteiger partial charge in [-0.1, -0.05) is 66.2 Å². The van der Waals surface area contributed by atoms with Crippen LogP contribution in [-0.2, 0) is 6.54 Å². The molecule has 0 unspecified atom stereocenters. The number of hydrogen-bond donors (Lipinski definition) is 1. The zero-order chi connectivity index (χ0) is 15.6. The second-order valence-corrected chi connectivity index (χ2v) is 5.86. The molecule has 1 N–H and O–H groups in total. The van der Waals surface area contributed by atoms with Gasteiger partial charge in [0.05, 0.1) is 16.7 Å². The maximum Gasteiger partial charge on any atom is 0.0730 e. The first-order chi connectivity index (χ1) is 11.3. The lowest BCUT2D eigenvalue weighted by Gasteiger charge is -2.13. The molecule has 0 atom stereocenters. The third kappa shape index (κ3) is 2.64. The summed E-state index contributed by atoms with van der Waals surface area (Å²) in [4.78, 5) is 4.76. The number of nitrogens with zero attached hydrogens (tertiary/aromatic N) is 1. The average Bonchev–Trinajstić information content (AvgIpc) is 2.60. The Labute approximate surface area is 135 Å². The second-order valence-electron chi connectivity index (χ2n) is 5.86. The van der Waals surface area contributed by atoms with Crippen molar-refractivity contribution in [2.45, 2.75) is 13.5 Å². The molecule has 23 heavy (non-hydrogen) atoms. The summed E-state index contributed by atoms with van der Waals surface area (Å²) in [5.41, 5.74) is 5.77. The van der Waals surface area contributed by atoms with Crippen LogP contribution < -0.4 is 5.32 Å². The van der Waals surface area contributed by atoms with E-state index in [-0.39, 0.29) is 0 Å². The highest BCUT2D eigenvalue weighted by Crippen LogP contribution is 2.30. The molecule has 0 bridgehead atoms. The van der Waals surface area contributed by atoms with Crippen molar-refractivity contribution in [2.75, 3.05) is 5.32 Å². The molecular formula is C21H18N2. The minimum absolute atomic E-state index is 0.804. The van der Waals surface area contributed by atoms with Gasteiger partial charge in [-0.15, -0.1) is 0 Å². The minimum Gasteiger partial charge on any atom is -0.380 e. The van der Waals surface area contributed by atoms with Crippen LogP contribution >= 0.6 is 0 Å². The van der Waals surface area contributed by atoms with Gasteiger partial charge in [-0.25, -0.2) is 4.98 Å². The maximum absolute atomic E-state index is 4.76. The van der Waals surface area contributed by atoms with Gasteiger partial charge >= 0.3 is 0 Å². The molecule has 4 rings (SSSR count). The van der Waals surface area contributed by atoms with Crippen LogP contribution in [0.5, 0.6) is 0 Å². The number of hydrogen-bond acceptors (Lipinski definition) is 2. The van der Waals surface area contributed by atoms with E-state index in [2.05, 4.69) is 72.9 Å². The van der Waals surface area contributed by atoms with Crippen LogP contribution in [-0.4, -0.2) is 4.98 Å². The molecule has 112 valence electrons. The van der Waals surface area contributed by atoms with Crippen molar-refractivity contribution in [2.24, 2.45) is 0 Å². The fourth-order valence-corrected chi connectivity index (χ4v) is 2.93. The Morgan fingerprint density at radius 3 is 1.91 bits per heavy atom. The Bertz CT molecular complexity index is 918. The van der Waals surface area contributed by atoms with Crippen molar-refractivity contribution < 1.29 is 0 Å². The number of para-hydroxylation sites is 2. The predicted octanol–water partition coefficient (Wildman–Crippen LogP) is 5.31. The number of rotatable bonds is 3. The predicted molar refractivity (Wildman–Crippen MR) is 97.8 cm³/mol. The van der Waals surface area contributed by atoms with E-state index in [0.717, 1.165) is 23.3 Å². The Balaban J connectivity index is 1.81. The normalized spacial score (nSPS) is 11.0. The zero-order valence-electron chi connectivity index (χ0n) is 13.1. The monoisotopic (exact) mass is 298 g/mol. The smallest absolute Gasteiger partial charge is 0.0730 e. The Kier molecular flexibility index (Phi) is 3.43. The highest BCUT2D eigenvalue weighted by Gasteiger charge is 2.08. The highest BCUT2D eigenvalue weighted by molar-refractivity contribution is 6.07. The van der Waals surface area contributed by atoms with E-state index in [1.54, 1.807) is 0 Å². The Morgan fingerprint density at radius 2 is 1.30 bits per heavy atom. The number of aromatic nitrogens is 1. The molecule has 0 aliphatic carbocycles. The lowest BCUT2D eigenvalue weighted by atomic mass is 10.1. The minimum atomic E-state index is 0.804. The van der Waals surface area contributed by atoms with Crippen molar-refractivity contribution in [1.82, 2.24) is 4.98 Å². The van der Waals surface area contributed by atoms with E-state index in [0.29, 0.717) is 0 Å². The van der Waals surface area contributed by atoms with E-state index in [1.807, 2.05) is 12.1 Å². The van der Waals surface area contributed by atoms with E-state index in [9.17, 15) is 0 Å². The third-order valence-electron chi connectivity index (χ3n) is 4.18. The van der Waals surface area contributed by atoms with Gasteiger partial charge in [0, 0.05) is 17.3 Å². The summed E-state index contributed by atoms with van der Waals surface area (Å²) in [6, 6.07) is 25.3. The number of anilines is 1. The van der Waals surface area contributed by atoms with E-state index >= 15 is 0 Å². The quantitative estimate of drug-likeness (QED) is 0.518. The molecule has 0 amide bonds. The Morgan fingerprint density at radius 1 is 0.739 bits per heavy atom. The number of fused-ring (bicyclic) bond motifs is 2. The molecule has 2 nitrogen and oxygen atoms in total. The summed E-state index contributed by atoms with van der Waals surface area (Å²) in [6.07, 6.45) is 0. The van der Waals surface area contributed by atoms with Crippen molar-refractivity contribution in [3.8, 4) is 0 Å². The largest absolute Gasteiger partial charge is 0.380 e. The van der Waals surface area contributed by atoms with Crippen LogP contribution in [0.3, 0.4) is 0 Å². The van der Waals surface area contributed by atoms with Crippen LogP contribution in [0.1, 0.15) is 11.1 Å². The first-order valence-corrected chi connectivity index (χ1v) is 7.88. The van der Waals surface area contributed by atoms with Gasteiger partial charge in [0.25, 0.3) is 0 Å². The molecule has 0 fully saturated rings. The van der Waals surface area contributed by atoms with Gasteiger partial charge in [-0.05, 0) is 24.6 Å². The van der Waals surface area contributed by atoms with Crippen molar-refractivity contribution in [3.05, 3.63) is 83.9 Å². The lowest BCUT2D eigenvalue weighted by Crippen LogP contribution is -2.01. The van der Waals surface area contributed by atoms with Crippen molar-refractivity contribution in [1.29, 1.82) is 0 Å². The molecule has 0 aliphatic heterocycles. The van der Waals surface area contributed by atoms with Crippen LogP contribution in [0.15, 0.2) is 72.8 Å². The molecule has 0 saturated heterocycles. The van der Waals surface area contributed by atoms with Gasteiger partial charge in [-0.3, -0.25) is 0 Å². The van der Waals surface area contributed by atoms with Crippen LogP contribution in [0, 0.1) is 6.92 Å². The topological polar surface area (TPSA) is 24.9 Å². The van der Waals surface area contributed by atoms with Gasteiger partial charge in [0.1, 0.15) is 0 Å². The molecule has 0 saturated carbocycles. The molecule has 0 radical (unpaired) electrons. The van der Waals surface area contributed by atoms with E-state index in [1.165, 1.54) is 21.9 Å². The standard InChI is InChI=1S/C21H18N2/c1-15-10-12-16(13-11-15)14-22-21-17-6-2-4-8-19(17)23-20-9-5-3-7-18(20)21/h2-13H,14H2,1H3,(H,22,23). The molecule has 0 spiro atoms. The summed E-state index contributed by atoms with van der Waals surface area (Å²) < 4.78 is 0. The van der Waals surface area contributed by atoms with Gasteiger partial charge in [0.2, 0.25) is 0 Å². The second kappa shape index (κ2) is 5.73. The fraction of sp³-hybridized carbons (Fsp3) is 0.0952. The average molecular weight is 298 g/mol. The summed E-state index contributed by atoms with van der Waals surface area (Å²) in [7, 11) is 0. The number of pyridine rings is 1. The van der Waals surface area contributed by atoms with Gasteiger partial charge in [0.15, 0.2) is 0 Å². The first kappa shape index (κ1) is 13.8. The SMILES string of the molecule is Cc1ccc(CNc2c3ccccc3nc3ccccc23)cc1. The van der Waals surface area contributed by atoms with Crippen molar-refractivity contribution >= 4 is 27.5 Å². The summed E-state index contributed by atoms with van der Waals surface area (Å²) in [5.74, 6) is 0. The molecule has 4 aromatic rings. The van der Waals surface area contributed by atoms with Gasteiger partial charge in [-0.2, -0.15) is 0 Å². The zero-order valence-corrected chi connectivity index (χ0v) is 13.1. The third-order valence-corrected chi connectivity index (χ3v) is 4.18. The van der Waals surface area contributed by atoms with Crippen LogP contribution in [0.2, 0.25) is 0 Å². The van der Waals surface area contributed by atoms with Crippen LogP contribution in [0.25, 0.3) is 21.8 Å². The number of aryl methyl sites for hydroxylation is 1. The number of nitrogens with one attached hydrogen (secondary N) is 1. The highest BCUT2D eigenvalue weighted by atomic mass is 14.9. The Hall–Kier alpha value is -2.87. The van der Waals surface area contributed by atoms with E-state index in [4.69, 9.17) is 4.98 Å². The lowest BCUT2D eigenvalue weighted by molar-refractivity contribution is 1.15. The van der Waals surface area contributed by atoms with Crippen LogP contribution in [0.4, 0.5) is 5.69 Å².